The van der Waals surface area contributed by atoms with E-state index in [9.17, 15) is 4.79 Å². The van der Waals surface area contributed by atoms with Crippen LogP contribution in [-0.4, -0.2) is 55.3 Å². The highest BCUT2D eigenvalue weighted by molar-refractivity contribution is 7.99. The van der Waals surface area contributed by atoms with Crippen LogP contribution in [0.1, 0.15) is 46.0 Å². The smallest absolute Gasteiger partial charge is 0.407 e. The van der Waals surface area contributed by atoms with Crippen molar-refractivity contribution in [1.29, 1.82) is 0 Å². The quantitative estimate of drug-likeness (QED) is 0.460. The first-order valence-electron chi connectivity index (χ1n) is 9.18. The summed E-state index contributed by atoms with van der Waals surface area (Å²) in [6, 6.07) is 0.604. The van der Waals surface area contributed by atoms with E-state index in [1.54, 1.807) is 7.05 Å². The number of rotatable bonds is 8. The molecule has 0 heterocycles. The lowest BCUT2D eigenvalue weighted by molar-refractivity contribution is 0.146. The van der Waals surface area contributed by atoms with Crippen molar-refractivity contribution in [1.82, 2.24) is 16.0 Å². The van der Waals surface area contributed by atoms with Crippen LogP contribution in [0.15, 0.2) is 4.99 Å². The van der Waals surface area contributed by atoms with Crippen LogP contribution in [0.25, 0.3) is 0 Å². The summed E-state index contributed by atoms with van der Waals surface area (Å²) in [5.74, 6) is 2.57. The maximum Gasteiger partial charge on any atom is 0.407 e. The summed E-state index contributed by atoms with van der Waals surface area (Å²) in [4.78, 5) is 16.0. The SMILES string of the molecule is CCOC(=O)NC(CNC(=NC)NC1CCC(SCC)C1)C1CC1. The summed E-state index contributed by atoms with van der Waals surface area (Å²) in [5, 5.41) is 10.6. The van der Waals surface area contributed by atoms with Crippen molar-refractivity contribution < 1.29 is 9.53 Å². The fourth-order valence-electron chi connectivity index (χ4n) is 3.21. The lowest BCUT2D eigenvalue weighted by Gasteiger charge is -2.22. The molecule has 3 atom stereocenters. The molecule has 0 aromatic carbocycles. The Bertz CT molecular complexity index is 429. The van der Waals surface area contributed by atoms with Crippen LogP contribution in [0.3, 0.4) is 0 Å². The van der Waals surface area contributed by atoms with Gasteiger partial charge in [-0.2, -0.15) is 11.8 Å². The molecule has 0 bridgehead atoms. The molecule has 2 rings (SSSR count). The Hall–Kier alpha value is -1.11. The minimum Gasteiger partial charge on any atom is -0.450 e. The zero-order chi connectivity index (χ0) is 17.4. The number of alkyl carbamates (subject to hydrolysis) is 1. The van der Waals surface area contributed by atoms with Crippen molar-refractivity contribution in [2.75, 3.05) is 26.0 Å². The third-order valence-corrected chi connectivity index (χ3v) is 5.84. The van der Waals surface area contributed by atoms with Gasteiger partial charge in [0.2, 0.25) is 0 Å². The van der Waals surface area contributed by atoms with E-state index < -0.39 is 0 Å². The van der Waals surface area contributed by atoms with Gasteiger partial charge in [0.25, 0.3) is 0 Å². The van der Waals surface area contributed by atoms with E-state index in [4.69, 9.17) is 4.74 Å². The first kappa shape index (κ1) is 19.2. The van der Waals surface area contributed by atoms with Crippen LogP contribution < -0.4 is 16.0 Å². The van der Waals surface area contributed by atoms with Gasteiger partial charge in [-0.15, -0.1) is 0 Å². The van der Waals surface area contributed by atoms with E-state index in [0.29, 0.717) is 25.1 Å². The number of guanidine groups is 1. The highest BCUT2D eigenvalue weighted by Gasteiger charge is 2.33. The van der Waals surface area contributed by atoms with E-state index in [-0.39, 0.29) is 12.1 Å². The number of nitrogens with one attached hydrogen (secondary N) is 3. The zero-order valence-corrected chi connectivity index (χ0v) is 16.0. The molecule has 24 heavy (non-hydrogen) atoms. The molecule has 0 radical (unpaired) electrons. The Morgan fingerprint density at radius 1 is 1.29 bits per heavy atom. The molecule has 2 aliphatic rings. The van der Waals surface area contributed by atoms with Crippen LogP contribution >= 0.6 is 11.8 Å². The number of hydrogen-bond acceptors (Lipinski definition) is 4. The van der Waals surface area contributed by atoms with E-state index >= 15 is 0 Å². The second kappa shape index (κ2) is 10.0. The molecule has 0 saturated heterocycles. The standard InChI is InChI=1S/C17H32N4O2S/c1-4-23-17(22)21-15(12-6-7-12)11-19-16(18-3)20-13-8-9-14(10-13)24-5-2/h12-15H,4-11H2,1-3H3,(H,21,22)(H2,18,19,20). The maximum absolute atomic E-state index is 11.7. The van der Waals surface area contributed by atoms with Crippen molar-refractivity contribution in [2.45, 2.75) is 63.3 Å². The number of aliphatic imine (C=N–C) groups is 1. The van der Waals surface area contributed by atoms with Gasteiger partial charge in [0, 0.05) is 24.9 Å². The number of nitrogens with zero attached hydrogens (tertiary/aromatic N) is 1. The van der Waals surface area contributed by atoms with Gasteiger partial charge < -0.3 is 20.7 Å². The number of amides is 1. The molecule has 2 aliphatic carbocycles. The van der Waals surface area contributed by atoms with Crippen molar-refractivity contribution in [3.8, 4) is 0 Å². The molecule has 138 valence electrons. The second-order valence-corrected chi connectivity index (χ2v) is 8.07. The molecule has 6 nitrogen and oxygen atoms in total. The Morgan fingerprint density at radius 2 is 2.08 bits per heavy atom. The van der Waals surface area contributed by atoms with Gasteiger partial charge in [-0.25, -0.2) is 4.79 Å². The lowest BCUT2D eigenvalue weighted by Crippen LogP contribution is -2.49. The van der Waals surface area contributed by atoms with Crippen molar-refractivity contribution in [3.63, 3.8) is 0 Å². The zero-order valence-electron chi connectivity index (χ0n) is 15.1. The first-order chi connectivity index (χ1) is 11.7. The highest BCUT2D eigenvalue weighted by Crippen LogP contribution is 2.32. The third-order valence-electron chi connectivity index (χ3n) is 4.61. The van der Waals surface area contributed by atoms with E-state index in [0.717, 1.165) is 11.2 Å². The topological polar surface area (TPSA) is 74.8 Å². The Kier molecular flexibility index (Phi) is 8.02. The summed E-state index contributed by atoms with van der Waals surface area (Å²) in [6.45, 7) is 5.13. The monoisotopic (exact) mass is 356 g/mol. The summed E-state index contributed by atoms with van der Waals surface area (Å²) in [7, 11) is 1.80. The molecule has 1 amide bonds. The number of carbonyl (C=O) groups is 1. The molecule has 0 aromatic heterocycles. The predicted octanol–water partition coefficient (Wildman–Crippen LogP) is 2.35. The lowest BCUT2D eigenvalue weighted by atomic mass is 10.2. The van der Waals surface area contributed by atoms with Gasteiger partial charge >= 0.3 is 6.09 Å². The minimum absolute atomic E-state index is 0.106. The van der Waals surface area contributed by atoms with Crippen LogP contribution in [-0.2, 0) is 4.74 Å². The van der Waals surface area contributed by atoms with Gasteiger partial charge in [-0.05, 0) is 50.7 Å². The second-order valence-electron chi connectivity index (χ2n) is 6.49. The van der Waals surface area contributed by atoms with Crippen molar-refractivity contribution in [3.05, 3.63) is 0 Å². The third kappa shape index (κ3) is 6.42. The van der Waals surface area contributed by atoms with Gasteiger partial charge in [0.15, 0.2) is 5.96 Å². The fraction of sp³-hybridized carbons (Fsp3) is 0.882. The number of hydrogen-bond donors (Lipinski definition) is 3. The molecule has 2 fully saturated rings. The minimum atomic E-state index is -0.325. The van der Waals surface area contributed by atoms with Crippen molar-refractivity contribution in [2.24, 2.45) is 10.9 Å². The molecular formula is C17H32N4O2S. The maximum atomic E-state index is 11.7. The van der Waals surface area contributed by atoms with Gasteiger partial charge in [-0.3, -0.25) is 4.99 Å². The van der Waals surface area contributed by atoms with Crippen LogP contribution in [0, 0.1) is 5.92 Å². The summed E-state index contributed by atoms with van der Waals surface area (Å²) in [5.41, 5.74) is 0. The number of ether oxygens (including phenoxy) is 1. The summed E-state index contributed by atoms with van der Waals surface area (Å²) in [6.07, 6.45) is 5.70. The van der Waals surface area contributed by atoms with Gasteiger partial charge in [-0.1, -0.05) is 6.92 Å². The Labute approximate surface area is 150 Å². The van der Waals surface area contributed by atoms with Crippen LogP contribution in [0.5, 0.6) is 0 Å². The first-order valence-corrected chi connectivity index (χ1v) is 10.2. The number of thioether (sulfide) groups is 1. The average molecular weight is 357 g/mol. The molecule has 3 unspecified atom stereocenters. The summed E-state index contributed by atoms with van der Waals surface area (Å²) >= 11 is 2.06. The van der Waals surface area contributed by atoms with E-state index in [2.05, 4.69) is 39.6 Å². The van der Waals surface area contributed by atoms with Gasteiger partial charge in [0.1, 0.15) is 0 Å². The Balaban J connectivity index is 1.74. The fourth-order valence-corrected chi connectivity index (χ4v) is 4.35. The molecule has 0 spiro atoms. The normalized spacial score (nSPS) is 25.2. The molecule has 2 saturated carbocycles. The van der Waals surface area contributed by atoms with Crippen LogP contribution in [0.2, 0.25) is 0 Å². The summed E-state index contributed by atoms with van der Waals surface area (Å²) < 4.78 is 5.00. The highest BCUT2D eigenvalue weighted by atomic mass is 32.2. The number of carbonyl (C=O) groups excluding carboxylic acids is 1. The largest absolute Gasteiger partial charge is 0.450 e. The van der Waals surface area contributed by atoms with E-state index in [1.165, 1.54) is 37.9 Å². The average Bonchev–Trinajstić information content (AvgIpc) is 3.32. The molecular weight excluding hydrogens is 324 g/mol. The van der Waals surface area contributed by atoms with Crippen LogP contribution in [0.4, 0.5) is 4.79 Å². The molecule has 0 aromatic rings. The molecule has 0 aliphatic heterocycles. The molecule has 7 heteroatoms. The van der Waals surface area contributed by atoms with Gasteiger partial charge in [0.05, 0.1) is 12.6 Å². The molecule has 3 N–H and O–H groups in total. The van der Waals surface area contributed by atoms with E-state index in [1.807, 2.05) is 6.92 Å². The van der Waals surface area contributed by atoms with Crippen molar-refractivity contribution >= 4 is 23.8 Å². The Morgan fingerprint density at radius 3 is 2.71 bits per heavy atom. The predicted molar refractivity (Wildman–Crippen MR) is 101 cm³/mol.